The van der Waals surface area contributed by atoms with E-state index in [4.69, 9.17) is 4.74 Å². The van der Waals surface area contributed by atoms with Gasteiger partial charge in [0.05, 0.1) is 10.6 Å². The Morgan fingerprint density at radius 1 is 1.21 bits per heavy atom. The van der Waals surface area contributed by atoms with Crippen molar-refractivity contribution in [1.29, 1.82) is 0 Å². The molecule has 1 heterocycles. The minimum absolute atomic E-state index is 0.00334. The molecule has 0 bridgehead atoms. The van der Waals surface area contributed by atoms with Crippen molar-refractivity contribution in [3.63, 3.8) is 0 Å². The van der Waals surface area contributed by atoms with Crippen molar-refractivity contribution in [3.05, 3.63) is 52.5 Å². The maximum absolute atomic E-state index is 13.5. The molecule has 1 atom stereocenters. The zero-order chi connectivity index (χ0) is 17.5. The Morgan fingerprint density at radius 3 is 2.62 bits per heavy atom. The van der Waals surface area contributed by atoms with Crippen LogP contribution in [-0.2, 0) is 14.3 Å². The van der Waals surface area contributed by atoms with E-state index in [0.717, 1.165) is 0 Å². The molecule has 0 saturated heterocycles. The third-order valence-electron chi connectivity index (χ3n) is 2.95. The van der Waals surface area contributed by atoms with Crippen LogP contribution in [0.5, 0.6) is 0 Å². The van der Waals surface area contributed by atoms with E-state index in [-0.39, 0.29) is 12.2 Å². The van der Waals surface area contributed by atoms with Crippen LogP contribution in [0, 0.1) is 5.82 Å². The van der Waals surface area contributed by atoms with Gasteiger partial charge in [-0.05, 0) is 30.5 Å². The summed E-state index contributed by atoms with van der Waals surface area (Å²) >= 11 is 1.24. The Hall–Kier alpha value is -2.74. The summed E-state index contributed by atoms with van der Waals surface area (Å²) in [4.78, 5) is 35.7. The lowest BCUT2D eigenvalue weighted by Gasteiger charge is -2.14. The van der Waals surface area contributed by atoms with Gasteiger partial charge in [-0.3, -0.25) is 14.4 Å². The van der Waals surface area contributed by atoms with Crippen LogP contribution in [0.25, 0.3) is 0 Å². The normalized spacial score (nSPS) is 11.4. The average Bonchev–Trinajstić information content (AvgIpc) is 3.09. The highest BCUT2D eigenvalue weighted by molar-refractivity contribution is 7.12. The molecule has 0 radical (unpaired) electrons. The summed E-state index contributed by atoms with van der Waals surface area (Å²) in [5.41, 5.74) is -0.00334. The van der Waals surface area contributed by atoms with E-state index in [9.17, 15) is 18.8 Å². The van der Waals surface area contributed by atoms with Crippen LogP contribution in [0.1, 0.15) is 16.6 Å². The van der Waals surface area contributed by atoms with Crippen molar-refractivity contribution in [3.8, 4) is 0 Å². The van der Waals surface area contributed by atoms with Crippen LogP contribution >= 0.6 is 11.3 Å². The van der Waals surface area contributed by atoms with Gasteiger partial charge < -0.3 is 15.4 Å². The second-order valence-corrected chi connectivity index (χ2v) is 5.71. The fraction of sp³-hybridized carbons (Fsp3) is 0.188. The molecule has 24 heavy (non-hydrogen) atoms. The second kappa shape index (κ2) is 8.21. The topological polar surface area (TPSA) is 84.5 Å². The Morgan fingerprint density at radius 2 is 1.96 bits per heavy atom. The number of nitrogens with one attached hydrogen (secondary N) is 2. The number of rotatable bonds is 6. The van der Waals surface area contributed by atoms with Crippen molar-refractivity contribution in [1.82, 2.24) is 5.32 Å². The summed E-state index contributed by atoms with van der Waals surface area (Å²) in [6.45, 7) is 0.989. The van der Waals surface area contributed by atoms with Gasteiger partial charge in [-0.25, -0.2) is 4.39 Å². The quantitative estimate of drug-likeness (QED) is 0.782. The maximum Gasteiger partial charge on any atom is 0.326 e. The lowest BCUT2D eigenvalue weighted by molar-refractivity contribution is -0.152. The number of ether oxygens (including phenoxy) is 1. The van der Waals surface area contributed by atoms with E-state index >= 15 is 0 Å². The SMILES string of the molecule is C[C@@H](OC(=O)CNC(=O)c1cccs1)C(=O)Nc1ccccc1F. The highest BCUT2D eigenvalue weighted by Crippen LogP contribution is 2.13. The number of esters is 1. The van der Waals surface area contributed by atoms with Crippen molar-refractivity contribution >= 4 is 34.8 Å². The predicted octanol–water partition coefficient (Wildman–Crippen LogP) is 2.19. The Kier molecular flexibility index (Phi) is 6.02. The number of carbonyl (C=O) groups excluding carboxylic acids is 3. The molecule has 0 saturated carbocycles. The molecule has 0 spiro atoms. The number of carbonyl (C=O) groups is 3. The zero-order valence-corrected chi connectivity index (χ0v) is 13.6. The van der Waals surface area contributed by atoms with Crippen molar-refractivity contribution in [2.45, 2.75) is 13.0 Å². The molecule has 0 aliphatic heterocycles. The van der Waals surface area contributed by atoms with E-state index in [2.05, 4.69) is 10.6 Å². The second-order valence-electron chi connectivity index (χ2n) is 4.76. The number of hydrogen-bond donors (Lipinski definition) is 2. The van der Waals surface area contributed by atoms with Gasteiger partial charge in [0, 0.05) is 0 Å². The van der Waals surface area contributed by atoms with Gasteiger partial charge in [0.25, 0.3) is 11.8 Å². The Labute approximate surface area is 141 Å². The lowest BCUT2D eigenvalue weighted by atomic mass is 10.3. The molecule has 2 amide bonds. The van der Waals surface area contributed by atoms with E-state index in [1.54, 1.807) is 23.6 Å². The molecule has 1 aromatic heterocycles. The van der Waals surface area contributed by atoms with Crippen LogP contribution in [0.4, 0.5) is 10.1 Å². The number of hydrogen-bond acceptors (Lipinski definition) is 5. The molecule has 8 heteroatoms. The monoisotopic (exact) mass is 350 g/mol. The van der Waals surface area contributed by atoms with E-state index in [1.807, 2.05) is 0 Å². The van der Waals surface area contributed by atoms with E-state index < -0.39 is 29.7 Å². The Balaban J connectivity index is 1.79. The summed E-state index contributed by atoms with van der Waals surface area (Å²) < 4.78 is 18.4. The molecule has 0 aliphatic carbocycles. The first-order chi connectivity index (χ1) is 11.5. The van der Waals surface area contributed by atoms with Crippen LogP contribution in [0.3, 0.4) is 0 Å². The molecule has 2 rings (SSSR count). The molecule has 0 fully saturated rings. The summed E-state index contributed by atoms with van der Waals surface area (Å²) in [5, 5.41) is 6.46. The van der Waals surface area contributed by atoms with Gasteiger partial charge in [-0.15, -0.1) is 11.3 Å². The molecular formula is C16H15FN2O4S. The van der Waals surface area contributed by atoms with Crippen molar-refractivity contribution in [2.24, 2.45) is 0 Å². The number of thiophene rings is 1. The van der Waals surface area contributed by atoms with Crippen LogP contribution in [0.15, 0.2) is 41.8 Å². The molecule has 2 N–H and O–H groups in total. The van der Waals surface area contributed by atoms with Gasteiger partial charge in [0.15, 0.2) is 6.10 Å². The first-order valence-electron chi connectivity index (χ1n) is 7.04. The molecule has 0 unspecified atom stereocenters. The third kappa shape index (κ3) is 4.88. The molecule has 1 aromatic carbocycles. The van der Waals surface area contributed by atoms with Crippen LogP contribution < -0.4 is 10.6 Å². The van der Waals surface area contributed by atoms with Crippen molar-refractivity contribution < 1.29 is 23.5 Å². The number of halogens is 1. The highest BCUT2D eigenvalue weighted by atomic mass is 32.1. The molecule has 126 valence electrons. The van der Waals surface area contributed by atoms with Gasteiger partial charge in [0.1, 0.15) is 12.4 Å². The average molecular weight is 350 g/mol. The predicted molar refractivity (Wildman–Crippen MR) is 87.2 cm³/mol. The number of benzene rings is 1. The van der Waals surface area contributed by atoms with Gasteiger partial charge >= 0.3 is 5.97 Å². The molecule has 6 nitrogen and oxygen atoms in total. The summed E-state index contributed by atoms with van der Waals surface area (Å²) in [7, 11) is 0. The fourth-order valence-corrected chi connectivity index (χ4v) is 2.38. The fourth-order valence-electron chi connectivity index (χ4n) is 1.74. The molecule has 2 aromatic rings. The van der Waals surface area contributed by atoms with Gasteiger partial charge in [-0.1, -0.05) is 18.2 Å². The van der Waals surface area contributed by atoms with E-state index in [1.165, 1.54) is 36.5 Å². The first-order valence-corrected chi connectivity index (χ1v) is 7.92. The zero-order valence-electron chi connectivity index (χ0n) is 12.7. The molecule has 0 aliphatic rings. The number of anilines is 1. The minimum atomic E-state index is -1.13. The van der Waals surface area contributed by atoms with Crippen molar-refractivity contribution in [2.75, 3.05) is 11.9 Å². The third-order valence-corrected chi connectivity index (χ3v) is 3.82. The maximum atomic E-state index is 13.5. The smallest absolute Gasteiger partial charge is 0.326 e. The largest absolute Gasteiger partial charge is 0.451 e. The van der Waals surface area contributed by atoms with Crippen LogP contribution in [0.2, 0.25) is 0 Å². The van der Waals surface area contributed by atoms with Gasteiger partial charge in [-0.2, -0.15) is 0 Å². The Bertz CT molecular complexity index is 733. The van der Waals surface area contributed by atoms with E-state index in [0.29, 0.717) is 4.88 Å². The molecular weight excluding hydrogens is 335 g/mol. The summed E-state index contributed by atoms with van der Waals surface area (Å²) in [5.74, 6) is -2.42. The standard InChI is InChI=1S/C16H15FN2O4S/c1-10(15(21)19-12-6-3-2-5-11(12)17)23-14(20)9-18-16(22)13-7-4-8-24-13/h2-8,10H,9H2,1H3,(H,18,22)(H,19,21)/t10-/m1/s1. The highest BCUT2D eigenvalue weighted by Gasteiger charge is 2.19. The van der Waals surface area contributed by atoms with Gasteiger partial charge in [0.2, 0.25) is 0 Å². The number of amides is 2. The van der Waals surface area contributed by atoms with Crippen LogP contribution in [-0.4, -0.2) is 30.4 Å². The lowest BCUT2D eigenvalue weighted by Crippen LogP contribution is -2.35. The first kappa shape index (κ1) is 17.6. The summed E-state index contributed by atoms with van der Waals surface area (Å²) in [6, 6.07) is 8.98. The summed E-state index contributed by atoms with van der Waals surface area (Å²) in [6.07, 6.45) is -1.13. The minimum Gasteiger partial charge on any atom is -0.451 e. The number of para-hydroxylation sites is 1.